The van der Waals surface area contributed by atoms with Crippen molar-refractivity contribution in [2.75, 3.05) is 6.61 Å². The maximum atomic E-state index is 11.3. The van der Waals surface area contributed by atoms with Crippen molar-refractivity contribution in [3.63, 3.8) is 0 Å². The third-order valence-electron chi connectivity index (χ3n) is 2.39. The van der Waals surface area contributed by atoms with Gasteiger partial charge in [0.05, 0.1) is 4.91 Å². The quantitative estimate of drug-likeness (QED) is 0.496. The van der Waals surface area contributed by atoms with Crippen LogP contribution in [0.4, 0.5) is 0 Å². The average Bonchev–Trinajstić information content (AvgIpc) is 2.32. The van der Waals surface area contributed by atoms with Crippen molar-refractivity contribution in [1.82, 2.24) is 0 Å². The fraction of sp³-hybridized carbons (Fsp3) is 0.800. The molecule has 0 aromatic rings. The molecule has 0 aromatic carbocycles. The first-order chi connectivity index (χ1) is 6.34. The van der Waals surface area contributed by atoms with Crippen LogP contribution in [0.3, 0.4) is 0 Å². The maximum absolute atomic E-state index is 11.3. The third-order valence-corrected chi connectivity index (χ3v) is 2.39. The molecule has 0 bridgehead atoms. The van der Waals surface area contributed by atoms with Crippen molar-refractivity contribution in [3.8, 4) is 0 Å². The lowest BCUT2D eigenvalue weighted by Crippen LogP contribution is -2.22. The summed E-state index contributed by atoms with van der Waals surface area (Å²) < 4.78 is 0. The zero-order valence-corrected chi connectivity index (χ0v) is 8.08. The molecule has 0 radical (unpaired) electrons. The second-order valence-corrected chi connectivity index (χ2v) is 3.49. The Hall–Kier alpha value is -0.860. The first-order valence-electron chi connectivity index (χ1n) is 5.05. The molecule has 0 amide bonds. The minimum Gasteiger partial charge on any atom is -0.232 e. The van der Waals surface area contributed by atoms with E-state index in [1.807, 2.05) is 6.08 Å². The van der Waals surface area contributed by atoms with Crippen LogP contribution in [-0.2, 0) is 4.84 Å². The van der Waals surface area contributed by atoms with Crippen LogP contribution in [0.2, 0.25) is 0 Å². The topological polar surface area (TPSA) is 29.3 Å². The predicted molar refractivity (Wildman–Crippen MR) is 51.3 cm³/mol. The lowest BCUT2D eigenvalue weighted by atomic mass is 10.0. The van der Waals surface area contributed by atoms with Gasteiger partial charge in [-0.1, -0.05) is 6.08 Å². The lowest BCUT2D eigenvalue weighted by molar-refractivity contribution is -0.824. The van der Waals surface area contributed by atoms with Crippen LogP contribution in [0.1, 0.15) is 38.5 Å². The van der Waals surface area contributed by atoms with Gasteiger partial charge in [0.15, 0.2) is 6.61 Å². The van der Waals surface area contributed by atoms with E-state index in [4.69, 9.17) is 4.84 Å². The van der Waals surface area contributed by atoms with E-state index < -0.39 is 0 Å². The van der Waals surface area contributed by atoms with Crippen LogP contribution in [0, 0.1) is 4.91 Å². The van der Waals surface area contributed by atoms with Crippen LogP contribution in [0.15, 0.2) is 12.7 Å². The van der Waals surface area contributed by atoms with Gasteiger partial charge in [0.25, 0.3) is 6.04 Å². The van der Waals surface area contributed by atoms with Crippen LogP contribution in [0.25, 0.3) is 0 Å². The molecule has 1 unspecified atom stereocenters. The molecule has 1 saturated heterocycles. The van der Waals surface area contributed by atoms with Crippen LogP contribution >= 0.6 is 0 Å². The van der Waals surface area contributed by atoms with E-state index in [9.17, 15) is 4.91 Å². The monoisotopic (exact) mass is 184 g/mol. The van der Waals surface area contributed by atoms with Gasteiger partial charge in [0.2, 0.25) is 4.92 Å². The summed E-state index contributed by atoms with van der Waals surface area (Å²) in [7, 11) is 0. The van der Waals surface area contributed by atoms with Gasteiger partial charge in [0, 0.05) is 12.8 Å². The van der Waals surface area contributed by atoms with Gasteiger partial charge in [-0.3, -0.25) is 0 Å². The molecule has 1 aliphatic heterocycles. The molecular formula is C10H18NO2+. The first-order valence-corrected chi connectivity index (χ1v) is 5.05. The summed E-state index contributed by atoms with van der Waals surface area (Å²) in [5, 5.41) is 0. The molecule has 3 nitrogen and oxygen atoms in total. The summed E-state index contributed by atoms with van der Waals surface area (Å²) in [6, 6.07) is 0.0717. The van der Waals surface area contributed by atoms with Crippen LogP contribution < -0.4 is 0 Å². The Morgan fingerprint density at radius 1 is 1.54 bits per heavy atom. The van der Waals surface area contributed by atoms with E-state index in [0.29, 0.717) is 6.61 Å². The molecule has 0 N–H and O–H groups in total. The van der Waals surface area contributed by atoms with Gasteiger partial charge in [0.1, 0.15) is 0 Å². The maximum Gasteiger partial charge on any atom is 0.257 e. The predicted octanol–water partition coefficient (Wildman–Crippen LogP) is 2.61. The molecule has 1 heterocycles. The summed E-state index contributed by atoms with van der Waals surface area (Å²) >= 11 is 0. The van der Waals surface area contributed by atoms with Gasteiger partial charge in [-0.25, -0.2) is 4.84 Å². The van der Waals surface area contributed by atoms with Crippen molar-refractivity contribution in [2.45, 2.75) is 44.6 Å². The number of nitrogens with zero attached hydrogens (tertiary/aromatic N) is 1. The Bertz CT molecular complexity index is 180. The molecule has 3 heteroatoms. The molecule has 74 valence electrons. The Balaban J connectivity index is 2.27. The van der Waals surface area contributed by atoms with Gasteiger partial charge < -0.3 is 0 Å². The SMILES string of the molecule is C=CCCCC1CCCCO[N+]1=O. The number of hydrogen-bond acceptors (Lipinski definition) is 2. The number of hydrogen-bond donors (Lipinski definition) is 0. The zero-order valence-electron chi connectivity index (χ0n) is 8.08. The van der Waals surface area contributed by atoms with Crippen LogP contribution in [-0.4, -0.2) is 17.6 Å². The Morgan fingerprint density at radius 3 is 3.15 bits per heavy atom. The normalized spacial score (nSPS) is 23.4. The Labute approximate surface area is 79.3 Å². The molecule has 1 rings (SSSR count). The molecule has 1 fully saturated rings. The summed E-state index contributed by atoms with van der Waals surface area (Å²) in [5.41, 5.74) is 0. The minimum atomic E-state index is 0.0717. The van der Waals surface area contributed by atoms with Crippen molar-refractivity contribution in [2.24, 2.45) is 0 Å². The number of rotatable bonds is 4. The molecule has 0 saturated carbocycles. The van der Waals surface area contributed by atoms with E-state index in [0.717, 1.165) is 43.4 Å². The number of allylic oxidation sites excluding steroid dienone is 1. The summed E-state index contributed by atoms with van der Waals surface area (Å²) in [4.78, 5) is 17.1. The van der Waals surface area contributed by atoms with Crippen molar-refractivity contribution in [1.29, 1.82) is 0 Å². The van der Waals surface area contributed by atoms with E-state index in [1.54, 1.807) is 0 Å². The highest BCUT2D eigenvalue weighted by Crippen LogP contribution is 2.15. The van der Waals surface area contributed by atoms with Crippen molar-refractivity contribution in [3.05, 3.63) is 17.6 Å². The second-order valence-electron chi connectivity index (χ2n) is 3.49. The first kappa shape index (κ1) is 10.2. The molecule has 13 heavy (non-hydrogen) atoms. The zero-order chi connectivity index (χ0) is 9.52. The molecule has 1 atom stereocenters. The third kappa shape index (κ3) is 3.57. The second kappa shape index (κ2) is 5.73. The average molecular weight is 184 g/mol. The summed E-state index contributed by atoms with van der Waals surface area (Å²) in [5.74, 6) is 0. The fourth-order valence-corrected chi connectivity index (χ4v) is 1.59. The van der Waals surface area contributed by atoms with E-state index >= 15 is 0 Å². The molecular weight excluding hydrogens is 166 g/mol. The van der Waals surface area contributed by atoms with Crippen LogP contribution in [0.5, 0.6) is 0 Å². The smallest absolute Gasteiger partial charge is 0.232 e. The molecule has 0 spiro atoms. The van der Waals surface area contributed by atoms with E-state index in [1.165, 1.54) is 0 Å². The summed E-state index contributed by atoms with van der Waals surface area (Å²) in [6.45, 7) is 4.24. The summed E-state index contributed by atoms with van der Waals surface area (Å²) in [6.07, 6.45) is 7.94. The number of unbranched alkanes of at least 4 members (excludes halogenated alkanes) is 1. The van der Waals surface area contributed by atoms with Crippen molar-refractivity contribution < 1.29 is 9.76 Å². The van der Waals surface area contributed by atoms with Gasteiger partial charge in [-0.2, -0.15) is 0 Å². The lowest BCUT2D eigenvalue weighted by Gasteiger charge is -2.02. The molecule has 0 aromatic heterocycles. The van der Waals surface area contributed by atoms with Gasteiger partial charge >= 0.3 is 0 Å². The minimum absolute atomic E-state index is 0.0717. The van der Waals surface area contributed by atoms with E-state index in [2.05, 4.69) is 6.58 Å². The fourth-order valence-electron chi connectivity index (χ4n) is 1.59. The van der Waals surface area contributed by atoms with Gasteiger partial charge in [-0.15, -0.1) is 6.58 Å². The molecule has 0 aliphatic carbocycles. The highest BCUT2D eigenvalue weighted by Gasteiger charge is 2.29. The largest absolute Gasteiger partial charge is 0.257 e. The van der Waals surface area contributed by atoms with Gasteiger partial charge in [-0.05, 0) is 25.7 Å². The highest BCUT2D eigenvalue weighted by molar-refractivity contribution is 4.67. The van der Waals surface area contributed by atoms with E-state index in [-0.39, 0.29) is 6.04 Å². The highest BCUT2D eigenvalue weighted by atomic mass is 16.8. The molecule has 1 aliphatic rings. The Kier molecular flexibility index (Phi) is 4.50. The Morgan fingerprint density at radius 2 is 2.38 bits per heavy atom. The van der Waals surface area contributed by atoms with Crippen molar-refractivity contribution >= 4 is 0 Å². The standard InChI is InChI=1S/C10H18NO2/c1-2-3-4-7-10-8-5-6-9-13-11(10)12/h2,10H,1,3-9H2/q+1.